The number of alkyl carbamates (subject to hydrolysis) is 1. The Morgan fingerprint density at radius 3 is 2.10 bits per heavy atom. The molecule has 0 saturated heterocycles. The monoisotopic (exact) mass is 436 g/mol. The number of aliphatic hydroxyl groups excluding tert-OH is 1. The summed E-state index contributed by atoms with van der Waals surface area (Å²) in [5, 5.41) is 12.4. The summed E-state index contributed by atoms with van der Waals surface area (Å²) in [6.45, 7) is 4.85. The summed E-state index contributed by atoms with van der Waals surface area (Å²) in [5.41, 5.74) is 0.808. The second-order valence-electron chi connectivity index (χ2n) is 9.78. The summed E-state index contributed by atoms with van der Waals surface area (Å²) >= 11 is 0. The van der Waals surface area contributed by atoms with Crippen LogP contribution < -0.4 is 11.1 Å². The summed E-state index contributed by atoms with van der Waals surface area (Å²) in [5.74, 6) is -5.11. The van der Waals surface area contributed by atoms with E-state index in [2.05, 4.69) is 5.32 Å². The third kappa shape index (κ3) is 6.09. The molecule has 0 aliphatic heterocycles. The highest BCUT2D eigenvalue weighted by Gasteiger charge is 2.62. The number of hydrogen-bond donors (Lipinski definition) is 3. The molecule has 2 rings (SSSR count). The average molecular weight is 436 g/mol. The number of halogens is 3. The molecular weight excluding hydrogens is 405 g/mol. The molecule has 0 heterocycles. The number of rotatable bonds is 8. The van der Waals surface area contributed by atoms with Crippen LogP contribution in [-0.4, -0.2) is 52.2 Å². The van der Waals surface area contributed by atoms with Gasteiger partial charge in [0.05, 0.1) is 6.04 Å². The normalized spacial score (nSPS) is 23.7. The Balaban J connectivity index is 2.19. The van der Waals surface area contributed by atoms with Crippen LogP contribution in [0.1, 0.15) is 72.1 Å². The molecule has 0 bridgehead atoms. The van der Waals surface area contributed by atoms with Crippen LogP contribution in [0.25, 0.3) is 0 Å². The first-order chi connectivity index (χ1) is 13.6. The number of hydrogen-bond acceptors (Lipinski definition) is 5. The van der Waals surface area contributed by atoms with Crippen LogP contribution in [0, 0.1) is 5.41 Å². The van der Waals surface area contributed by atoms with E-state index in [1.807, 2.05) is 0 Å². The summed E-state index contributed by atoms with van der Waals surface area (Å²) in [4.78, 5) is 36.6. The van der Waals surface area contributed by atoms with Gasteiger partial charge in [0.2, 0.25) is 11.8 Å². The average Bonchev–Trinajstić information content (AvgIpc) is 2.95. The van der Waals surface area contributed by atoms with Gasteiger partial charge in [-0.05, 0) is 33.6 Å². The maximum atomic E-state index is 15.1. The fourth-order valence-corrected chi connectivity index (χ4v) is 4.44. The Kier molecular flexibility index (Phi) is 6.81. The molecule has 2 amide bonds. The zero-order valence-electron chi connectivity index (χ0n) is 17.6. The number of nitrogens with one attached hydrogen (secondary N) is 1. The molecule has 0 spiro atoms. The van der Waals surface area contributed by atoms with Crippen molar-refractivity contribution in [3.05, 3.63) is 0 Å². The van der Waals surface area contributed by atoms with Crippen LogP contribution >= 0.6 is 0 Å². The molecule has 1 unspecified atom stereocenters. The van der Waals surface area contributed by atoms with Crippen molar-refractivity contribution in [2.75, 3.05) is 0 Å². The predicted octanol–water partition coefficient (Wildman–Crippen LogP) is 2.77. The first kappa shape index (κ1) is 24.4. The van der Waals surface area contributed by atoms with Crippen LogP contribution in [0.2, 0.25) is 0 Å². The van der Waals surface area contributed by atoms with Crippen molar-refractivity contribution in [3.8, 4) is 0 Å². The van der Waals surface area contributed by atoms with Crippen molar-refractivity contribution in [2.45, 2.75) is 101 Å². The number of alkyl halides is 3. The molecule has 7 nitrogen and oxygen atoms in total. The Bertz CT molecular complexity index is 678. The highest BCUT2D eigenvalue weighted by Crippen LogP contribution is 2.56. The van der Waals surface area contributed by atoms with Gasteiger partial charge in [-0.25, -0.2) is 18.0 Å². The molecule has 10 heteroatoms. The van der Waals surface area contributed by atoms with Gasteiger partial charge in [-0.15, -0.1) is 0 Å². The summed E-state index contributed by atoms with van der Waals surface area (Å²) in [6.07, 6.45) is -3.92. The van der Waals surface area contributed by atoms with E-state index in [1.165, 1.54) is 0 Å². The minimum atomic E-state index is -3.14. The van der Waals surface area contributed by atoms with E-state index in [0.29, 0.717) is 12.8 Å². The highest BCUT2D eigenvalue weighted by molar-refractivity contribution is 5.89. The molecule has 0 aromatic heterocycles. The molecule has 0 radical (unpaired) electrons. The lowest BCUT2D eigenvalue weighted by Gasteiger charge is -2.49. The van der Waals surface area contributed by atoms with Crippen molar-refractivity contribution >= 4 is 17.8 Å². The van der Waals surface area contributed by atoms with Gasteiger partial charge in [0.1, 0.15) is 17.4 Å². The van der Waals surface area contributed by atoms with E-state index in [4.69, 9.17) is 10.5 Å². The Morgan fingerprint density at radius 1 is 1.13 bits per heavy atom. The minimum absolute atomic E-state index is 0.222. The lowest BCUT2D eigenvalue weighted by Crippen LogP contribution is -2.59. The lowest BCUT2D eigenvalue weighted by atomic mass is 9.59. The van der Waals surface area contributed by atoms with Crippen LogP contribution in [0.3, 0.4) is 0 Å². The van der Waals surface area contributed by atoms with Crippen molar-refractivity contribution < 1.29 is 37.4 Å². The van der Waals surface area contributed by atoms with Gasteiger partial charge < -0.3 is 20.9 Å². The number of Topliss-reactive ketones (excluding diaryl/α,β-unsaturated/α-hetero) is 1. The third-order valence-electron chi connectivity index (χ3n) is 5.75. The number of primary amides is 1. The molecule has 2 aliphatic carbocycles. The number of nitrogens with two attached hydrogens (primary N) is 1. The third-order valence-corrected chi connectivity index (χ3v) is 5.75. The van der Waals surface area contributed by atoms with Crippen LogP contribution in [0.5, 0.6) is 0 Å². The molecule has 2 aliphatic rings. The van der Waals surface area contributed by atoms with Crippen LogP contribution in [0.15, 0.2) is 0 Å². The topological polar surface area (TPSA) is 119 Å². The number of ketones is 1. The van der Waals surface area contributed by atoms with Gasteiger partial charge in [0, 0.05) is 31.1 Å². The molecule has 2 saturated carbocycles. The quantitative estimate of drug-likeness (QED) is 0.541. The molecule has 2 fully saturated rings. The lowest BCUT2D eigenvalue weighted by molar-refractivity contribution is -0.203. The molecule has 172 valence electrons. The van der Waals surface area contributed by atoms with Gasteiger partial charge >= 0.3 is 6.09 Å². The number of carbonyl (C=O) groups is 3. The second kappa shape index (κ2) is 8.36. The van der Waals surface area contributed by atoms with Crippen molar-refractivity contribution in [1.29, 1.82) is 0 Å². The maximum absolute atomic E-state index is 15.1. The number of ether oxygens (including phenoxy) is 1. The summed E-state index contributed by atoms with van der Waals surface area (Å²) in [7, 11) is 0. The molecule has 2 atom stereocenters. The smallest absolute Gasteiger partial charge is 0.408 e. The Labute approximate surface area is 173 Å². The van der Waals surface area contributed by atoms with E-state index < -0.39 is 71.8 Å². The first-order valence-electron chi connectivity index (χ1n) is 10.1. The van der Waals surface area contributed by atoms with E-state index in [0.717, 1.165) is 0 Å². The van der Waals surface area contributed by atoms with E-state index in [9.17, 15) is 28.3 Å². The molecule has 0 aromatic carbocycles. The summed E-state index contributed by atoms with van der Waals surface area (Å²) in [6, 6.07) is -1.34. The zero-order valence-corrected chi connectivity index (χ0v) is 17.6. The molecule has 0 aromatic rings. The van der Waals surface area contributed by atoms with Crippen molar-refractivity contribution in [2.24, 2.45) is 11.1 Å². The van der Waals surface area contributed by atoms with E-state index >= 15 is 4.39 Å². The number of aliphatic hydroxyl groups is 1. The van der Waals surface area contributed by atoms with Gasteiger partial charge in [-0.3, -0.25) is 9.59 Å². The molecule has 4 N–H and O–H groups in total. The first-order valence-corrected chi connectivity index (χ1v) is 10.1. The fourth-order valence-electron chi connectivity index (χ4n) is 4.44. The van der Waals surface area contributed by atoms with Crippen molar-refractivity contribution in [1.82, 2.24) is 5.32 Å². The fraction of sp³-hybridized carbons (Fsp3) is 0.850. The SMILES string of the molecule is CC(C)(C)OC(=O)N[C@@H](CC1(F)CCCC1)C(=O)CC1(C(O)C(N)=O)CC(F)(F)C1. The Hall–Kier alpha value is -1.84. The standard InChI is InChI=1S/C20H31F3N2O5/c1-17(2,3)30-16(29)25-12(8-19(21)6-4-5-7-19)13(26)9-18(14(27)15(24)28)10-20(22,23)11-18/h12,14,27H,4-11H2,1-3H3,(H2,24,28)(H,25,29)/t12-,14?/m0/s1. The second-order valence-corrected chi connectivity index (χ2v) is 9.78. The predicted molar refractivity (Wildman–Crippen MR) is 102 cm³/mol. The summed E-state index contributed by atoms with van der Waals surface area (Å²) < 4.78 is 47.3. The molecule has 30 heavy (non-hydrogen) atoms. The van der Waals surface area contributed by atoms with Crippen LogP contribution in [0.4, 0.5) is 18.0 Å². The van der Waals surface area contributed by atoms with Gasteiger partial charge in [-0.2, -0.15) is 0 Å². The van der Waals surface area contributed by atoms with Gasteiger partial charge in [-0.1, -0.05) is 12.8 Å². The minimum Gasteiger partial charge on any atom is -0.444 e. The van der Waals surface area contributed by atoms with Gasteiger partial charge in [0.25, 0.3) is 0 Å². The van der Waals surface area contributed by atoms with Gasteiger partial charge in [0.15, 0.2) is 5.78 Å². The van der Waals surface area contributed by atoms with Crippen molar-refractivity contribution in [3.63, 3.8) is 0 Å². The largest absolute Gasteiger partial charge is 0.444 e. The highest BCUT2D eigenvalue weighted by atomic mass is 19.3. The van der Waals surface area contributed by atoms with Crippen LogP contribution in [-0.2, 0) is 14.3 Å². The Morgan fingerprint density at radius 2 is 1.67 bits per heavy atom. The zero-order chi connectivity index (χ0) is 23.0. The molecular formula is C20H31F3N2O5. The maximum Gasteiger partial charge on any atom is 0.408 e. The number of amides is 2. The number of carbonyl (C=O) groups excluding carboxylic acids is 3. The van der Waals surface area contributed by atoms with E-state index in [-0.39, 0.29) is 19.3 Å². The van der Waals surface area contributed by atoms with E-state index in [1.54, 1.807) is 20.8 Å².